The molecule has 0 amide bonds. The molecule has 0 saturated carbocycles. The van der Waals surface area contributed by atoms with Gasteiger partial charge in [-0.25, -0.2) is 8.42 Å². The quantitative estimate of drug-likeness (QED) is 0.253. The van der Waals surface area contributed by atoms with Crippen LogP contribution >= 0.6 is 0 Å². The van der Waals surface area contributed by atoms with Gasteiger partial charge in [-0.2, -0.15) is 0 Å². The van der Waals surface area contributed by atoms with Crippen LogP contribution in [0.5, 0.6) is 0 Å². The van der Waals surface area contributed by atoms with Gasteiger partial charge in [0.05, 0.1) is 0 Å². The molecule has 0 radical (unpaired) electrons. The van der Waals surface area contributed by atoms with Crippen LogP contribution in [-0.2, 0) is 10.1 Å². The van der Waals surface area contributed by atoms with Gasteiger partial charge in [0.25, 0.3) is 0 Å². The van der Waals surface area contributed by atoms with Crippen LogP contribution in [0, 0.1) is 0 Å². The number of hydrogen-bond donors (Lipinski definition) is 1. The zero-order valence-corrected chi connectivity index (χ0v) is 12.2. The van der Waals surface area contributed by atoms with Gasteiger partial charge in [0.15, 0.2) is 0 Å². The van der Waals surface area contributed by atoms with E-state index in [4.69, 9.17) is 5.11 Å². The van der Waals surface area contributed by atoms with Crippen molar-refractivity contribution in [3.8, 4) is 0 Å². The summed E-state index contributed by atoms with van der Waals surface area (Å²) in [6.07, 6.45) is 7.39. The predicted molar refractivity (Wildman–Crippen MR) is 53.6 cm³/mol. The average molecular weight is 244 g/mol. The maximum atomic E-state index is 10.3. The molecule has 0 aromatic rings. The number of allylic oxidation sites excluding steroid dienone is 1. The minimum absolute atomic E-state index is 0. The molecule has 1 N–H and O–H groups in total. The van der Waals surface area contributed by atoms with E-state index in [1.54, 1.807) is 6.08 Å². The van der Waals surface area contributed by atoms with Crippen molar-refractivity contribution in [3.05, 3.63) is 12.2 Å². The fraction of sp³-hybridized carbons (Fsp3) is 0.778. The maximum absolute atomic E-state index is 10.3. The number of aliphatic hydroxyl groups is 1. The van der Waals surface area contributed by atoms with Gasteiger partial charge in [0.2, 0.25) is 0 Å². The third-order valence-corrected chi connectivity index (χ3v) is 2.67. The van der Waals surface area contributed by atoms with Gasteiger partial charge in [-0.15, -0.1) is 0 Å². The van der Waals surface area contributed by atoms with Gasteiger partial charge in [0.1, 0.15) is 15.6 Å². The van der Waals surface area contributed by atoms with Gasteiger partial charge in [-0.3, -0.25) is 0 Å². The van der Waals surface area contributed by atoms with Crippen LogP contribution < -0.4 is 29.6 Å². The molecule has 0 aliphatic rings. The Morgan fingerprint density at radius 2 is 1.93 bits per heavy atom. The summed E-state index contributed by atoms with van der Waals surface area (Å²) in [5, 5.41) is 8.84. The molecule has 0 aromatic heterocycles. The number of unbranched alkanes of at least 4 members (excludes halogenated alkanes) is 3. The molecule has 0 spiro atoms. The van der Waals surface area contributed by atoms with E-state index in [1.807, 2.05) is 0 Å². The van der Waals surface area contributed by atoms with Gasteiger partial charge in [0, 0.05) is 6.42 Å². The molecular weight excluding hydrogens is 227 g/mol. The Hall–Kier alpha value is 0.610. The van der Waals surface area contributed by atoms with E-state index < -0.39 is 15.6 Å². The summed E-state index contributed by atoms with van der Waals surface area (Å²) < 4.78 is 30.8. The fourth-order valence-corrected chi connectivity index (χ4v) is 1.31. The van der Waals surface area contributed by atoms with E-state index in [0.29, 0.717) is 0 Å². The molecule has 0 saturated heterocycles. The van der Waals surface area contributed by atoms with Crippen molar-refractivity contribution < 1.29 is 47.6 Å². The molecule has 1 atom stereocenters. The van der Waals surface area contributed by atoms with Crippen molar-refractivity contribution in [2.45, 2.75) is 44.5 Å². The van der Waals surface area contributed by atoms with Gasteiger partial charge in [-0.05, 0) is 12.8 Å². The monoisotopic (exact) mass is 244 g/mol. The minimum atomic E-state index is -4.55. The molecule has 1 unspecified atom stereocenters. The van der Waals surface area contributed by atoms with Crippen molar-refractivity contribution >= 4 is 10.1 Å². The SMILES string of the molecule is CCCCC/C=C\CC(O)S(=O)(=O)[O-].[Na+]. The van der Waals surface area contributed by atoms with Gasteiger partial charge < -0.3 is 9.66 Å². The van der Waals surface area contributed by atoms with Crippen LogP contribution in [0.15, 0.2) is 12.2 Å². The molecule has 0 aliphatic carbocycles. The van der Waals surface area contributed by atoms with Crippen LogP contribution in [0.25, 0.3) is 0 Å². The van der Waals surface area contributed by atoms with Crippen LogP contribution in [0.3, 0.4) is 0 Å². The first-order valence-corrected chi connectivity index (χ1v) is 6.23. The molecule has 4 nitrogen and oxygen atoms in total. The van der Waals surface area contributed by atoms with E-state index in [1.165, 1.54) is 6.08 Å². The first-order chi connectivity index (χ1) is 6.48. The van der Waals surface area contributed by atoms with E-state index >= 15 is 0 Å². The van der Waals surface area contributed by atoms with Crippen molar-refractivity contribution in [1.82, 2.24) is 0 Å². The molecule has 0 aromatic carbocycles. The molecule has 0 fully saturated rings. The van der Waals surface area contributed by atoms with Crippen LogP contribution in [0.4, 0.5) is 0 Å². The summed E-state index contributed by atoms with van der Waals surface area (Å²) in [5.41, 5.74) is -1.80. The first kappa shape index (κ1) is 18.0. The Bertz CT molecular complexity index is 261. The Balaban J connectivity index is 0. The summed E-state index contributed by atoms with van der Waals surface area (Å²) in [5.74, 6) is 0. The summed E-state index contributed by atoms with van der Waals surface area (Å²) in [4.78, 5) is 0. The van der Waals surface area contributed by atoms with E-state index in [-0.39, 0.29) is 36.0 Å². The van der Waals surface area contributed by atoms with Crippen LogP contribution in [-0.4, -0.2) is 23.5 Å². The number of hydrogen-bond acceptors (Lipinski definition) is 4. The Labute approximate surface area is 114 Å². The third kappa shape index (κ3) is 10.9. The van der Waals surface area contributed by atoms with Crippen molar-refractivity contribution in [3.63, 3.8) is 0 Å². The molecule has 0 rings (SSSR count). The molecule has 15 heavy (non-hydrogen) atoms. The van der Waals surface area contributed by atoms with Gasteiger partial charge >= 0.3 is 29.6 Å². The second-order valence-electron chi connectivity index (χ2n) is 3.15. The molecule has 0 bridgehead atoms. The number of rotatable bonds is 7. The normalized spacial score (nSPS) is 13.8. The first-order valence-electron chi connectivity index (χ1n) is 4.76. The largest absolute Gasteiger partial charge is 1.00 e. The molecule has 6 heteroatoms. The topological polar surface area (TPSA) is 77.4 Å². The van der Waals surface area contributed by atoms with Crippen molar-refractivity contribution in [2.75, 3.05) is 0 Å². The van der Waals surface area contributed by atoms with E-state index in [2.05, 4.69) is 6.92 Å². The standard InChI is InChI=1S/C9H18O4S.Na/c1-2-3-4-5-6-7-8-9(10)14(11,12)13;/h6-7,9-10H,2-5,8H2,1H3,(H,11,12,13);/q;+1/p-1/b7-6-;. The smallest absolute Gasteiger partial charge is 0.746 e. The zero-order valence-electron chi connectivity index (χ0n) is 9.35. The minimum Gasteiger partial charge on any atom is -0.746 e. The van der Waals surface area contributed by atoms with Crippen molar-refractivity contribution in [2.24, 2.45) is 0 Å². The second-order valence-corrected chi connectivity index (χ2v) is 4.68. The zero-order chi connectivity index (χ0) is 11.0. The Kier molecular flexibility index (Phi) is 11.8. The van der Waals surface area contributed by atoms with E-state index in [0.717, 1.165) is 25.7 Å². The van der Waals surface area contributed by atoms with Crippen LogP contribution in [0.2, 0.25) is 0 Å². The maximum Gasteiger partial charge on any atom is 1.00 e. The third-order valence-electron chi connectivity index (χ3n) is 1.81. The molecule has 0 heterocycles. The summed E-state index contributed by atoms with van der Waals surface area (Å²) in [6, 6.07) is 0. The molecular formula is C9H17NaO4S. The summed E-state index contributed by atoms with van der Waals surface area (Å²) in [7, 11) is -4.55. The number of aliphatic hydroxyl groups excluding tert-OH is 1. The Morgan fingerprint density at radius 1 is 1.33 bits per heavy atom. The second kappa shape index (κ2) is 9.81. The predicted octanol–water partition coefficient (Wildman–Crippen LogP) is -1.62. The van der Waals surface area contributed by atoms with Crippen LogP contribution in [0.1, 0.15) is 39.0 Å². The summed E-state index contributed by atoms with van der Waals surface area (Å²) >= 11 is 0. The summed E-state index contributed by atoms with van der Waals surface area (Å²) in [6.45, 7) is 2.09. The molecule has 84 valence electrons. The fourth-order valence-electron chi connectivity index (χ4n) is 0.961. The average Bonchev–Trinajstić information content (AvgIpc) is 2.09. The molecule has 0 aliphatic heterocycles. The van der Waals surface area contributed by atoms with Gasteiger partial charge in [-0.1, -0.05) is 31.9 Å². The Morgan fingerprint density at radius 3 is 2.40 bits per heavy atom. The van der Waals surface area contributed by atoms with E-state index in [9.17, 15) is 13.0 Å². The van der Waals surface area contributed by atoms with Crippen molar-refractivity contribution in [1.29, 1.82) is 0 Å².